The summed E-state index contributed by atoms with van der Waals surface area (Å²) in [6, 6.07) is 23.5. The largest absolute Gasteiger partial charge is 0.493 e. The van der Waals surface area contributed by atoms with Crippen LogP contribution in [0.2, 0.25) is 0 Å². The third-order valence-electron chi connectivity index (χ3n) is 4.10. The van der Waals surface area contributed by atoms with Gasteiger partial charge in [0.1, 0.15) is 6.61 Å². The maximum Gasteiger partial charge on any atom is 0.191 e. The molecule has 0 aliphatic heterocycles. The van der Waals surface area contributed by atoms with E-state index in [2.05, 4.69) is 34.9 Å². The number of ether oxygens (including phenoxy) is 2. The number of para-hydroxylation sites is 2. The van der Waals surface area contributed by atoms with Gasteiger partial charge >= 0.3 is 0 Å². The number of rotatable bonds is 7. The van der Waals surface area contributed by atoms with E-state index in [0.717, 1.165) is 16.8 Å². The fourth-order valence-corrected chi connectivity index (χ4v) is 2.92. The van der Waals surface area contributed by atoms with Crippen LogP contribution in [0.3, 0.4) is 0 Å². The van der Waals surface area contributed by atoms with Crippen LogP contribution in [-0.4, -0.2) is 18.4 Å². The van der Waals surface area contributed by atoms with E-state index >= 15 is 0 Å². The quantitative estimate of drug-likeness (QED) is 0.333. The first-order valence-electron chi connectivity index (χ1n) is 9.16. The molecule has 0 atom stereocenters. The van der Waals surface area contributed by atoms with Gasteiger partial charge in [-0.2, -0.15) is 5.10 Å². The summed E-state index contributed by atoms with van der Waals surface area (Å²) in [5.74, 6) is 1.27. The Bertz CT molecular complexity index is 990. The average molecular weight is 406 g/mol. The average Bonchev–Trinajstić information content (AvgIpc) is 2.73. The molecule has 3 aromatic carbocycles. The Morgan fingerprint density at radius 2 is 1.83 bits per heavy atom. The monoisotopic (exact) mass is 405 g/mol. The normalized spacial score (nSPS) is 10.6. The van der Waals surface area contributed by atoms with E-state index in [1.165, 1.54) is 5.56 Å². The molecule has 0 saturated carbocycles. The highest BCUT2D eigenvalue weighted by atomic mass is 32.1. The molecule has 3 aromatic rings. The number of methoxy groups -OCH3 is 1. The number of nitrogens with one attached hydrogen (secondary N) is 2. The Balaban J connectivity index is 1.68. The van der Waals surface area contributed by atoms with Crippen molar-refractivity contribution in [3.05, 3.63) is 89.5 Å². The van der Waals surface area contributed by atoms with E-state index in [4.69, 9.17) is 21.7 Å². The van der Waals surface area contributed by atoms with Crippen molar-refractivity contribution in [3.8, 4) is 11.5 Å². The second-order valence-electron chi connectivity index (χ2n) is 6.35. The molecule has 0 fully saturated rings. The zero-order chi connectivity index (χ0) is 20.5. The lowest BCUT2D eigenvalue weighted by molar-refractivity contribution is 0.284. The zero-order valence-corrected chi connectivity index (χ0v) is 17.2. The molecule has 0 spiro atoms. The van der Waals surface area contributed by atoms with Crippen LogP contribution in [0.5, 0.6) is 11.5 Å². The second kappa shape index (κ2) is 10.2. The Hall–Kier alpha value is -3.38. The van der Waals surface area contributed by atoms with Crippen molar-refractivity contribution in [2.24, 2.45) is 5.10 Å². The van der Waals surface area contributed by atoms with Gasteiger partial charge in [0.2, 0.25) is 0 Å². The van der Waals surface area contributed by atoms with Gasteiger partial charge in [0.05, 0.1) is 13.3 Å². The number of hydrazone groups is 1. The summed E-state index contributed by atoms with van der Waals surface area (Å²) in [6.45, 7) is 2.49. The summed E-state index contributed by atoms with van der Waals surface area (Å²) in [5.41, 5.74) is 6.77. The fourth-order valence-electron chi connectivity index (χ4n) is 2.75. The lowest BCUT2D eigenvalue weighted by Gasteiger charge is -2.13. The molecular weight excluding hydrogens is 382 g/mol. The number of hydrogen-bond acceptors (Lipinski definition) is 4. The first-order chi connectivity index (χ1) is 14.2. The molecular formula is C23H23N3O2S. The van der Waals surface area contributed by atoms with Gasteiger partial charge in [0.15, 0.2) is 16.6 Å². The van der Waals surface area contributed by atoms with Gasteiger partial charge in [-0.25, -0.2) is 0 Å². The number of nitrogens with zero attached hydrogens (tertiary/aromatic N) is 1. The van der Waals surface area contributed by atoms with E-state index < -0.39 is 0 Å². The van der Waals surface area contributed by atoms with Gasteiger partial charge in [-0.15, -0.1) is 0 Å². The SMILES string of the molecule is COc1cccc(C=NNC(=S)Nc2ccccc2)c1OCc1cccc(C)c1. The van der Waals surface area contributed by atoms with Crippen molar-refractivity contribution in [3.63, 3.8) is 0 Å². The molecule has 0 unspecified atom stereocenters. The topological polar surface area (TPSA) is 54.9 Å². The van der Waals surface area contributed by atoms with Crippen LogP contribution in [0.4, 0.5) is 5.69 Å². The summed E-state index contributed by atoms with van der Waals surface area (Å²) >= 11 is 5.27. The van der Waals surface area contributed by atoms with E-state index in [9.17, 15) is 0 Å². The third-order valence-corrected chi connectivity index (χ3v) is 4.29. The van der Waals surface area contributed by atoms with Crippen LogP contribution in [0.25, 0.3) is 0 Å². The molecule has 0 bridgehead atoms. The molecule has 5 nitrogen and oxygen atoms in total. The van der Waals surface area contributed by atoms with Crippen LogP contribution in [-0.2, 0) is 6.61 Å². The molecule has 29 heavy (non-hydrogen) atoms. The Labute approximate surface area is 176 Å². The Morgan fingerprint density at radius 3 is 2.59 bits per heavy atom. The Morgan fingerprint density at radius 1 is 1.03 bits per heavy atom. The molecule has 0 aromatic heterocycles. The van der Waals surface area contributed by atoms with E-state index in [1.807, 2.05) is 60.7 Å². The smallest absolute Gasteiger partial charge is 0.191 e. The first-order valence-corrected chi connectivity index (χ1v) is 9.57. The van der Waals surface area contributed by atoms with Crippen LogP contribution in [0.1, 0.15) is 16.7 Å². The van der Waals surface area contributed by atoms with Crippen LogP contribution < -0.4 is 20.2 Å². The minimum absolute atomic E-state index is 0.401. The van der Waals surface area contributed by atoms with Crippen LogP contribution in [0, 0.1) is 6.92 Å². The van der Waals surface area contributed by atoms with E-state index in [1.54, 1.807) is 13.3 Å². The number of thiocarbonyl (C=S) groups is 1. The highest BCUT2D eigenvalue weighted by Gasteiger charge is 2.10. The van der Waals surface area contributed by atoms with Crippen molar-refractivity contribution in [2.45, 2.75) is 13.5 Å². The van der Waals surface area contributed by atoms with Gasteiger partial charge in [-0.1, -0.05) is 54.1 Å². The lowest BCUT2D eigenvalue weighted by atomic mass is 10.1. The predicted molar refractivity (Wildman–Crippen MR) is 122 cm³/mol. The first kappa shape index (κ1) is 20.4. The molecule has 0 saturated heterocycles. The van der Waals surface area contributed by atoms with Crippen molar-refractivity contribution in [1.29, 1.82) is 0 Å². The number of hydrogen-bond donors (Lipinski definition) is 2. The van der Waals surface area contributed by atoms with Gasteiger partial charge in [-0.3, -0.25) is 5.43 Å². The van der Waals surface area contributed by atoms with E-state index in [0.29, 0.717) is 23.2 Å². The lowest BCUT2D eigenvalue weighted by Crippen LogP contribution is -2.23. The highest BCUT2D eigenvalue weighted by molar-refractivity contribution is 7.80. The highest BCUT2D eigenvalue weighted by Crippen LogP contribution is 2.30. The van der Waals surface area contributed by atoms with Gasteiger partial charge in [0.25, 0.3) is 0 Å². The maximum absolute atomic E-state index is 6.06. The zero-order valence-electron chi connectivity index (χ0n) is 16.4. The summed E-state index contributed by atoms with van der Waals surface area (Å²) in [7, 11) is 1.62. The molecule has 148 valence electrons. The molecule has 0 radical (unpaired) electrons. The van der Waals surface area contributed by atoms with E-state index in [-0.39, 0.29) is 0 Å². The molecule has 6 heteroatoms. The van der Waals surface area contributed by atoms with Crippen molar-refractivity contribution >= 4 is 29.2 Å². The van der Waals surface area contributed by atoms with Crippen LogP contribution >= 0.6 is 12.2 Å². The van der Waals surface area contributed by atoms with Gasteiger partial charge in [0, 0.05) is 11.3 Å². The predicted octanol–water partition coefficient (Wildman–Crippen LogP) is 4.90. The van der Waals surface area contributed by atoms with Gasteiger partial charge in [-0.05, 0) is 49.0 Å². The molecule has 0 aliphatic carbocycles. The summed E-state index contributed by atoms with van der Waals surface area (Å²) < 4.78 is 11.5. The molecule has 3 rings (SSSR count). The molecule has 0 amide bonds. The number of anilines is 1. The third kappa shape index (κ3) is 6.05. The Kier molecular flexibility index (Phi) is 7.19. The minimum Gasteiger partial charge on any atom is -0.493 e. The molecule has 2 N–H and O–H groups in total. The summed E-state index contributed by atoms with van der Waals surface area (Å²) in [4.78, 5) is 0. The van der Waals surface area contributed by atoms with Crippen molar-refractivity contribution in [2.75, 3.05) is 12.4 Å². The van der Waals surface area contributed by atoms with Crippen molar-refractivity contribution in [1.82, 2.24) is 5.43 Å². The molecule has 0 aliphatic rings. The number of aryl methyl sites for hydroxylation is 1. The standard InChI is InChI=1S/C23H23N3O2S/c1-17-8-6-9-18(14-17)16-28-22-19(10-7-13-21(22)27-2)15-24-26-23(29)25-20-11-4-3-5-12-20/h3-15H,16H2,1-2H3,(H2,25,26,29). The maximum atomic E-state index is 6.06. The van der Waals surface area contributed by atoms with Crippen LogP contribution in [0.15, 0.2) is 77.9 Å². The number of benzene rings is 3. The second-order valence-corrected chi connectivity index (χ2v) is 6.75. The summed E-state index contributed by atoms with van der Waals surface area (Å²) in [6.07, 6.45) is 1.66. The molecule has 0 heterocycles. The minimum atomic E-state index is 0.401. The van der Waals surface area contributed by atoms with Crippen molar-refractivity contribution < 1.29 is 9.47 Å². The summed E-state index contributed by atoms with van der Waals surface area (Å²) in [5, 5.41) is 7.70. The fraction of sp³-hybridized carbons (Fsp3) is 0.130. The van der Waals surface area contributed by atoms with Gasteiger partial charge < -0.3 is 14.8 Å².